The highest BCUT2D eigenvalue weighted by Gasteiger charge is 2.21. The minimum Gasteiger partial charge on any atom is -0.289 e. The molecular weight excluding hydrogens is 404 g/mol. The molecule has 0 aliphatic heterocycles. The van der Waals surface area contributed by atoms with Crippen molar-refractivity contribution in [2.75, 3.05) is 13.1 Å². The molecule has 0 unspecified atom stereocenters. The maximum absolute atomic E-state index is 12.5. The summed E-state index contributed by atoms with van der Waals surface area (Å²) in [5, 5.41) is 10.9. The van der Waals surface area contributed by atoms with Gasteiger partial charge in [-0.1, -0.05) is 37.6 Å². The minimum absolute atomic E-state index is 0.0125. The van der Waals surface area contributed by atoms with Gasteiger partial charge in [-0.25, -0.2) is 8.42 Å². The van der Waals surface area contributed by atoms with Gasteiger partial charge in [-0.3, -0.25) is 14.9 Å². The number of carbonyl (C=O) groups is 1. The van der Waals surface area contributed by atoms with Crippen molar-refractivity contribution in [1.29, 1.82) is 0 Å². The van der Waals surface area contributed by atoms with Crippen LogP contribution in [0.25, 0.3) is 6.08 Å². The number of sulfonamides is 1. The molecule has 0 aliphatic rings. The molecule has 0 amide bonds. The predicted molar refractivity (Wildman–Crippen MR) is 108 cm³/mol. The van der Waals surface area contributed by atoms with E-state index in [0.717, 1.165) is 0 Å². The Morgan fingerprint density at radius 3 is 2.29 bits per heavy atom. The second-order valence-corrected chi connectivity index (χ2v) is 8.12. The van der Waals surface area contributed by atoms with E-state index in [1.807, 2.05) is 0 Å². The molecule has 0 fully saturated rings. The summed E-state index contributed by atoms with van der Waals surface area (Å²) in [7, 11) is -3.59. The Hall–Kier alpha value is -2.55. The average Bonchev–Trinajstić information content (AvgIpc) is 2.67. The summed E-state index contributed by atoms with van der Waals surface area (Å²) >= 11 is 5.76. The fourth-order valence-corrected chi connectivity index (χ4v) is 4.19. The zero-order chi connectivity index (χ0) is 20.9. The number of rotatable bonds is 8. The minimum atomic E-state index is -3.59. The number of hydrogen-bond donors (Lipinski definition) is 0. The number of nitrogens with zero attached hydrogens (tertiary/aromatic N) is 2. The van der Waals surface area contributed by atoms with Gasteiger partial charge in [0.05, 0.1) is 9.82 Å². The van der Waals surface area contributed by atoms with Gasteiger partial charge in [0.2, 0.25) is 10.0 Å². The Morgan fingerprint density at radius 1 is 1.14 bits per heavy atom. The number of nitro groups is 1. The lowest BCUT2D eigenvalue weighted by molar-refractivity contribution is -0.384. The Labute approximate surface area is 168 Å². The molecule has 2 rings (SSSR count). The molecule has 0 radical (unpaired) electrons. The van der Waals surface area contributed by atoms with Gasteiger partial charge in [0.25, 0.3) is 5.69 Å². The zero-order valence-corrected chi connectivity index (χ0v) is 16.9. The van der Waals surface area contributed by atoms with Crippen LogP contribution in [-0.2, 0) is 10.0 Å². The second kappa shape index (κ2) is 9.09. The summed E-state index contributed by atoms with van der Waals surface area (Å²) in [6, 6.07) is 9.87. The third-order valence-corrected chi connectivity index (χ3v) is 6.46. The number of halogens is 1. The summed E-state index contributed by atoms with van der Waals surface area (Å²) in [4.78, 5) is 22.7. The van der Waals surface area contributed by atoms with Gasteiger partial charge < -0.3 is 0 Å². The molecule has 0 atom stereocenters. The summed E-state index contributed by atoms with van der Waals surface area (Å²) in [6.45, 7) is 4.22. The van der Waals surface area contributed by atoms with Crippen molar-refractivity contribution in [3.8, 4) is 0 Å². The van der Waals surface area contributed by atoms with Gasteiger partial charge in [-0.05, 0) is 42.0 Å². The van der Waals surface area contributed by atoms with E-state index in [-0.39, 0.29) is 21.4 Å². The number of hydrogen-bond acceptors (Lipinski definition) is 5. The summed E-state index contributed by atoms with van der Waals surface area (Å²) in [5.74, 6) is -0.357. The fourth-order valence-electron chi connectivity index (χ4n) is 2.55. The molecule has 7 nitrogen and oxygen atoms in total. The number of carbonyl (C=O) groups excluding carboxylic acids is 1. The maximum atomic E-state index is 12.5. The van der Waals surface area contributed by atoms with Gasteiger partial charge in [0, 0.05) is 24.7 Å². The van der Waals surface area contributed by atoms with Crippen LogP contribution in [0.2, 0.25) is 5.02 Å². The first kappa shape index (κ1) is 21.7. The van der Waals surface area contributed by atoms with Crippen molar-refractivity contribution < 1.29 is 18.1 Å². The monoisotopic (exact) mass is 422 g/mol. The molecule has 2 aromatic rings. The van der Waals surface area contributed by atoms with Gasteiger partial charge in [0.1, 0.15) is 5.02 Å². The van der Waals surface area contributed by atoms with Crippen LogP contribution in [-0.4, -0.2) is 36.5 Å². The largest absolute Gasteiger partial charge is 0.289 e. The Bertz CT molecular complexity index is 1010. The second-order valence-electron chi connectivity index (χ2n) is 5.78. The molecule has 0 aliphatic carbocycles. The van der Waals surface area contributed by atoms with E-state index in [9.17, 15) is 23.3 Å². The molecule has 0 N–H and O–H groups in total. The van der Waals surface area contributed by atoms with E-state index < -0.39 is 14.9 Å². The number of nitro benzene ring substituents is 1. The highest BCUT2D eigenvalue weighted by Crippen LogP contribution is 2.25. The quantitative estimate of drug-likeness (QED) is 0.275. The smallest absolute Gasteiger partial charge is 0.288 e. The highest BCUT2D eigenvalue weighted by molar-refractivity contribution is 7.89. The standard InChI is InChI=1S/C19H19ClN2O5S/c1-3-21(4-2)28(26,27)16-9-7-15(8-10-16)19(23)12-6-14-5-11-17(20)18(13-14)22(24)25/h5-13H,3-4H2,1-2H3/b12-6+. The fraction of sp³-hybridized carbons (Fsp3) is 0.211. The lowest BCUT2D eigenvalue weighted by Gasteiger charge is -2.18. The number of allylic oxidation sites excluding steroid dienone is 1. The molecular formula is C19H19ClN2O5S. The van der Waals surface area contributed by atoms with E-state index in [1.54, 1.807) is 19.9 Å². The topological polar surface area (TPSA) is 97.6 Å². The molecule has 28 heavy (non-hydrogen) atoms. The molecule has 2 aromatic carbocycles. The summed E-state index contributed by atoms with van der Waals surface area (Å²) in [6.07, 6.45) is 2.70. The van der Waals surface area contributed by atoms with Crippen LogP contribution in [0.4, 0.5) is 5.69 Å². The van der Waals surface area contributed by atoms with Crippen LogP contribution in [0.15, 0.2) is 53.4 Å². The normalized spacial score (nSPS) is 11.9. The molecule has 9 heteroatoms. The third kappa shape index (κ3) is 4.83. The van der Waals surface area contributed by atoms with Gasteiger partial charge >= 0.3 is 0 Å². The van der Waals surface area contributed by atoms with Crippen LogP contribution < -0.4 is 0 Å². The molecule has 0 saturated carbocycles. The molecule has 0 spiro atoms. The average molecular weight is 423 g/mol. The van der Waals surface area contributed by atoms with Crippen molar-refractivity contribution in [2.45, 2.75) is 18.7 Å². The molecule has 0 bridgehead atoms. The third-order valence-electron chi connectivity index (χ3n) is 4.08. The van der Waals surface area contributed by atoms with Crippen LogP contribution >= 0.6 is 11.6 Å². The lowest BCUT2D eigenvalue weighted by atomic mass is 10.1. The Balaban J connectivity index is 2.21. The molecule has 0 aromatic heterocycles. The van der Waals surface area contributed by atoms with Crippen LogP contribution in [0.1, 0.15) is 29.8 Å². The van der Waals surface area contributed by atoms with Gasteiger partial charge in [-0.15, -0.1) is 0 Å². The lowest BCUT2D eigenvalue weighted by Crippen LogP contribution is -2.30. The highest BCUT2D eigenvalue weighted by atomic mass is 35.5. The van der Waals surface area contributed by atoms with Crippen LogP contribution in [0, 0.1) is 10.1 Å². The van der Waals surface area contributed by atoms with E-state index in [2.05, 4.69) is 0 Å². The maximum Gasteiger partial charge on any atom is 0.288 e. The van der Waals surface area contributed by atoms with E-state index in [0.29, 0.717) is 24.2 Å². The first-order chi connectivity index (χ1) is 13.2. The van der Waals surface area contributed by atoms with E-state index in [1.165, 1.54) is 52.9 Å². The summed E-state index contributed by atoms with van der Waals surface area (Å²) < 4.78 is 26.3. The first-order valence-corrected chi connectivity index (χ1v) is 10.3. The van der Waals surface area contributed by atoms with Crippen LogP contribution in [0.3, 0.4) is 0 Å². The van der Waals surface area contributed by atoms with E-state index >= 15 is 0 Å². The van der Waals surface area contributed by atoms with Gasteiger partial charge in [-0.2, -0.15) is 4.31 Å². The first-order valence-electron chi connectivity index (χ1n) is 8.47. The number of benzene rings is 2. The van der Waals surface area contributed by atoms with Crippen molar-refractivity contribution in [3.05, 3.63) is 74.8 Å². The van der Waals surface area contributed by atoms with Crippen molar-refractivity contribution in [3.63, 3.8) is 0 Å². The predicted octanol–water partition coefficient (Wildman–Crippen LogP) is 4.17. The Kier molecular flexibility index (Phi) is 7.06. The summed E-state index contributed by atoms with van der Waals surface area (Å²) in [5.41, 5.74) is 0.505. The molecule has 0 saturated heterocycles. The SMILES string of the molecule is CCN(CC)S(=O)(=O)c1ccc(C(=O)/C=C/c2ccc(Cl)c([N+](=O)[O-])c2)cc1. The van der Waals surface area contributed by atoms with Crippen molar-refractivity contribution in [1.82, 2.24) is 4.31 Å². The van der Waals surface area contributed by atoms with Crippen molar-refractivity contribution in [2.24, 2.45) is 0 Å². The zero-order valence-electron chi connectivity index (χ0n) is 15.3. The molecule has 0 heterocycles. The van der Waals surface area contributed by atoms with E-state index in [4.69, 9.17) is 11.6 Å². The van der Waals surface area contributed by atoms with Crippen molar-refractivity contribution >= 4 is 39.2 Å². The Morgan fingerprint density at radius 2 is 1.75 bits per heavy atom. The molecule has 148 valence electrons. The number of ketones is 1. The van der Waals surface area contributed by atoms with Gasteiger partial charge in [0.15, 0.2) is 5.78 Å². The van der Waals surface area contributed by atoms with Crippen LogP contribution in [0.5, 0.6) is 0 Å².